The van der Waals surface area contributed by atoms with E-state index >= 15 is 0 Å². The normalized spacial score (nSPS) is 41.4. The number of nitrogens with zero attached hydrogens (tertiary/aromatic N) is 1. The van der Waals surface area contributed by atoms with Crippen molar-refractivity contribution in [3.05, 3.63) is 0 Å². The van der Waals surface area contributed by atoms with E-state index in [0.717, 1.165) is 12.6 Å². The van der Waals surface area contributed by atoms with E-state index in [4.69, 9.17) is 4.74 Å². The quantitative estimate of drug-likeness (QED) is 0.848. The van der Waals surface area contributed by atoms with Crippen molar-refractivity contribution in [1.82, 2.24) is 10.2 Å². The van der Waals surface area contributed by atoms with Crippen LogP contribution in [0.3, 0.4) is 0 Å². The molecule has 3 nitrogen and oxygen atoms in total. The zero-order valence-corrected chi connectivity index (χ0v) is 13.2. The Bertz CT molecular complexity index is 284. The number of methoxy groups -OCH3 is 1. The molecule has 0 aromatic carbocycles. The van der Waals surface area contributed by atoms with Gasteiger partial charge < -0.3 is 10.1 Å². The first kappa shape index (κ1) is 15.3. The van der Waals surface area contributed by atoms with E-state index in [-0.39, 0.29) is 0 Å². The summed E-state index contributed by atoms with van der Waals surface area (Å²) in [5.41, 5.74) is 0.325. The molecule has 1 saturated carbocycles. The highest BCUT2D eigenvalue weighted by Crippen LogP contribution is 2.33. The molecule has 2 fully saturated rings. The molecule has 1 saturated heterocycles. The highest BCUT2D eigenvalue weighted by Gasteiger charge is 2.41. The standard InChI is InChI=1S/C16H32N2O/c1-5-13-11-18(16(3,6-2)12-17-13)14-8-7-9-15(10-14)19-4/h13-15,17H,5-12H2,1-4H3. The van der Waals surface area contributed by atoms with E-state index in [0.29, 0.717) is 17.7 Å². The van der Waals surface area contributed by atoms with Gasteiger partial charge in [0.25, 0.3) is 0 Å². The fraction of sp³-hybridized carbons (Fsp3) is 1.00. The van der Waals surface area contributed by atoms with Crippen LogP contribution in [0.4, 0.5) is 0 Å². The molecule has 4 unspecified atom stereocenters. The van der Waals surface area contributed by atoms with E-state index in [9.17, 15) is 0 Å². The minimum absolute atomic E-state index is 0.325. The van der Waals surface area contributed by atoms with Gasteiger partial charge in [0.15, 0.2) is 0 Å². The van der Waals surface area contributed by atoms with E-state index in [1.807, 2.05) is 7.11 Å². The minimum atomic E-state index is 0.325. The van der Waals surface area contributed by atoms with Gasteiger partial charge in [-0.3, -0.25) is 4.90 Å². The predicted octanol–water partition coefficient (Wildman–Crippen LogP) is 2.80. The van der Waals surface area contributed by atoms with Gasteiger partial charge in [-0.1, -0.05) is 13.8 Å². The van der Waals surface area contributed by atoms with Gasteiger partial charge in [0.2, 0.25) is 0 Å². The second kappa shape index (κ2) is 6.55. The summed E-state index contributed by atoms with van der Waals surface area (Å²) in [6, 6.07) is 1.39. The third-order valence-electron chi connectivity index (χ3n) is 5.51. The SMILES string of the molecule is CCC1CN(C2CCCC(OC)C2)C(C)(CC)CN1. The molecule has 0 bridgehead atoms. The summed E-state index contributed by atoms with van der Waals surface area (Å²) >= 11 is 0. The van der Waals surface area contributed by atoms with Crippen molar-refractivity contribution in [2.45, 2.75) is 83.0 Å². The van der Waals surface area contributed by atoms with Gasteiger partial charge in [-0.2, -0.15) is 0 Å². The Hall–Kier alpha value is -0.120. The molecule has 0 amide bonds. The molecular formula is C16H32N2O. The monoisotopic (exact) mass is 268 g/mol. The number of piperazine rings is 1. The van der Waals surface area contributed by atoms with Gasteiger partial charge in [0.1, 0.15) is 0 Å². The molecule has 1 N–H and O–H groups in total. The molecule has 0 aromatic rings. The maximum atomic E-state index is 5.62. The van der Waals surface area contributed by atoms with Gasteiger partial charge in [-0.05, 0) is 45.4 Å². The lowest BCUT2D eigenvalue weighted by Crippen LogP contribution is -2.66. The van der Waals surface area contributed by atoms with Crippen molar-refractivity contribution in [2.24, 2.45) is 0 Å². The Morgan fingerprint density at radius 1 is 1.32 bits per heavy atom. The first-order valence-electron chi connectivity index (χ1n) is 8.16. The van der Waals surface area contributed by atoms with Gasteiger partial charge >= 0.3 is 0 Å². The number of rotatable bonds is 4. The lowest BCUT2D eigenvalue weighted by atomic mass is 9.84. The fourth-order valence-electron chi connectivity index (χ4n) is 3.80. The van der Waals surface area contributed by atoms with Crippen LogP contribution in [0.2, 0.25) is 0 Å². The number of hydrogen-bond donors (Lipinski definition) is 1. The number of hydrogen-bond acceptors (Lipinski definition) is 3. The second-order valence-corrected chi connectivity index (χ2v) is 6.67. The zero-order valence-electron chi connectivity index (χ0n) is 13.2. The third kappa shape index (κ3) is 3.32. The van der Waals surface area contributed by atoms with Crippen LogP contribution in [0.5, 0.6) is 0 Å². The maximum Gasteiger partial charge on any atom is 0.0586 e. The van der Waals surface area contributed by atoms with Crippen LogP contribution in [0, 0.1) is 0 Å². The summed E-state index contributed by atoms with van der Waals surface area (Å²) in [6.07, 6.45) is 8.09. The van der Waals surface area contributed by atoms with Crippen molar-refractivity contribution in [1.29, 1.82) is 0 Å². The molecule has 19 heavy (non-hydrogen) atoms. The Labute approximate surface area is 119 Å². The first-order chi connectivity index (χ1) is 9.12. The summed E-state index contributed by atoms with van der Waals surface area (Å²) in [7, 11) is 1.87. The summed E-state index contributed by atoms with van der Waals surface area (Å²) in [4.78, 5) is 2.81. The Kier molecular flexibility index (Phi) is 5.27. The Balaban J connectivity index is 2.08. The van der Waals surface area contributed by atoms with Crippen LogP contribution in [0.1, 0.15) is 59.3 Å². The van der Waals surface area contributed by atoms with Crippen LogP contribution >= 0.6 is 0 Å². The number of ether oxygens (including phenoxy) is 1. The molecule has 0 spiro atoms. The van der Waals surface area contributed by atoms with Crippen molar-refractivity contribution >= 4 is 0 Å². The molecular weight excluding hydrogens is 236 g/mol. The van der Waals surface area contributed by atoms with E-state index < -0.39 is 0 Å². The number of nitrogens with one attached hydrogen (secondary N) is 1. The molecule has 1 aliphatic heterocycles. The highest BCUT2D eigenvalue weighted by molar-refractivity contribution is 4.99. The summed E-state index contributed by atoms with van der Waals surface area (Å²) in [5.74, 6) is 0. The topological polar surface area (TPSA) is 24.5 Å². The fourth-order valence-corrected chi connectivity index (χ4v) is 3.80. The molecule has 112 valence electrons. The van der Waals surface area contributed by atoms with Crippen LogP contribution in [-0.2, 0) is 4.74 Å². The maximum absolute atomic E-state index is 5.62. The predicted molar refractivity (Wildman–Crippen MR) is 80.5 cm³/mol. The molecule has 0 radical (unpaired) electrons. The minimum Gasteiger partial charge on any atom is -0.381 e. The molecule has 2 aliphatic rings. The van der Waals surface area contributed by atoms with Crippen molar-refractivity contribution in [3.63, 3.8) is 0 Å². The van der Waals surface area contributed by atoms with Gasteiger partial charge in [-0.25, -0.2) is 0 Å². The largest absolute Gasteiger partial charge is 0.381 e. The van der Waals surface area contributed by atoms with Crippen LogP contribution < -0.4 is 5.32 Å². The molecule has 1 heterocycles. The van der Waals surface area contributed by atoms with Gasteiger partial charge in [0.05, 0.1) is 6.10 Å². The van der Waals surface area contributed by atoms with Crippen molar-refractivity contribution in [3.8, 4) is 0 Å². The lowest BCUT2D eigenvalue weighted by Gasteiger charge is -2.53. The van der Waals surface area contributed by atoms with Crippen LogP contribution in [0.15, 0.2) is 0 Å². The summed E-state index contributed by atoms with van der Waals surface area (Å²) in [6.45, 7) is 9.40. The molecule has 4 atom stereocenters. The van der Waals surface area contributed by atoms with Gasteiger partial charge in [-0.15, -0.1) is 0 Å². The molecule has 0 aromatic heterocycles. The third-order valence-corrected chi connectivity index (χ3v) is 5.51. The Morgan fingerprint density at radius 3 is 2.74 bits per heavy atom. The average Bonchev–Trinajstić information content (AvgIpc) is 2.47. The lowest BCUT2D eigenvalue weighted by molar-refractivity contribution is -0.0359. The van der Waals surface area contributed by atoms with E-state index in [1.54, 1.807) is 0 Å². The molecule has 2 rings (SSSR count). The van der Waals surface area contributed by atoms with Crippen LogP contribution in [-0.4, -0.2) is 48.8 Å². The molecule has 1 aliphatic carbocycles. The Morgan fingerprint density at radius 2 is 2.11 bits per heavy atom. The average molecular weight is 268 g/mol. The summed E-state index contributed by atoms with van der Waals surface area (Å²) < 4.78 is 5.62. The van der Waals surface area contributed by atoms with Crippen LogP contribution in [0.25, 0.3) is 0 Å². The van der Waals surface area contributed by atoms with Crippen molar-refractivity contribution in [2.75, 3.05) is 20.2 Å². The second-order valence-electron chi connectivity index (χ2n) is 6.67. The van der Waals surface area contributed by atoms with E-state index in [1.165, 1.54) is 45.1 Å². The zero-order chi connectivity index (χ0) is 13.9. The van der Waals surface area contributed by atoms with Gasteiger partial charge in [0, 0.05) is 37.8 Å². The van der Waals surface area contributed by atoms with Crippen molar-refractivity contribution < 1.29 is 4.74 Å². The smallest absolute Gasteiger partial charge is 0.0586 e. The van der Waals surface area contributed by atoms with E-state index in [2.05, 4.69) is 31.0 Å². The molecule has 3 heteroatoms. The highest BCUT2D eigenvalue weighted by atomic mass is 16.5. The summed E-state index contributed by atoms with van der Waals surface area (Å²) in [5, 5.41) is 3.73. The first-order valence-corrected chi connectivity index (χ1v) is 8.16.